The van der Waals surface area contributed by atoms with Gasteiger partial charge in [0.15, 0.2) is 0 Å². The molecule has 1 aliphatic rings. The van der Waals surface area contributed by atoms with Gasteiger partial charge in [0.2, 0.25) is 0 Å². The van der Waals surface area contributed by atoms with Crippen LogP contribution in [0.2, 0.25) is 0 Å². The third kappa shape index (κ3) is 2.94. The first-order valence-electron chi connectivity index (χ1n) is 6.74. The van der Waals surface area contributed by atoms with E-state index < -0.39 is 11.4 Å². The normalized spacial score (nSPS) is 19.1. The number of nitrogens with zero attached hydrogens (tertiary/aromatic N) is 2. The van der Waals surface area contributed by atoms with Gasteiger partial charge in [0.25, 0.3) is 0 Å². The van der Waals surface area contributed by atoms with Crippen molar-refractivity contribution in [3.8, 4) is 6.07 Å². The molecule has 0 spiro atoms. The monoisotopic (exact) mass is 262 g/mol. The molecule has 19 heavy (non-hydrogen) atoms. The van der Waals surface area contributed by atoms with Crippen molar-refractivity contribution in [2.45, 2.75) is 31.8 Å². The van der Waals surface area contributed by atoms with Crippen LogP contribution in [0.15, 0.2) is 18.2 Å². The van der Waals surface area contributed by atoms with E-state index in [1.54, 1.807) is 12.1 Å². The molecule has 0 unspecified atom stereocenters. The second kappa shape index (κ2) is 5.68. The number of piperidine rings is 1. The van der Waals surface area contributed by atoms with E-state index >= 15 is 0 Å². The minimum absolute atomic E-state index is 0.0239. The predicted molar refractivity (Wildman–Crippen MR) is 71.0 cm³/mol. The molecule has 0 aromatic heterocycles. The Kier molecular flexibility index (Phi) is 4.18. The summed E-state index contributed by atoms with van der Waals surface area (Å²) in [5.74, 6) is -0.551. The lowest BCUT2D eigenvalue weighted by Crippen LogP contribution is -2.42. The van der Waals surface area contributed by atoms with E-state index in [9.17, 15) is 9.50 Å². The molecule has 0 radical (unpaired) electrons. The summed E-state index contributed by atoms with van der Waals surface area (Å²) in [7, 11) is 0. The zero-order chi connectivity index (χ0) is 13.9. The van der Waals surface area contributed by atoms with Crippen molar-refractivity contribution in [2.24, 2.45) is 0 Å². The Morgan fingerprint density at radius 1 is 1.42 bits per heavy atom. The van der Waals surface area contributed by atoms with Gasteiger partial charge in [-0.3, -0.25) is 0 Å². The number of likely N-dealkylation sites (tertiary alicyclic amines) is 1. The summed E-state index contributed by atoms with van der Waals surface area (Å²) in [5.41, 5.74) is -0.352. The fourth-order valence-electron chi connectivity index (χ4n) is 2.65. The average Bonchev–Trinajstić information content (AvgIpc) is 2.42. The molecular weight excluding hydrogens is 243 g/mol. The molecule has 102 valence electrons. The van der Waals surface area contributed by atoms with Crippen molar-refractivity contribution in [1.29, 1.82) is 5.26 Å². The van der Waals surface area contributed by atoms with Crippen LogP contribution in [0, 0.1) is 17.1 Å². The van der Waals surface area contributed by atoms with Gasteiger partial charge in [0.1, 0.15) is 11.9 Å². The minimum Gasteiger partial charge on any atom is -0.385 e. The second-order valence-electron chi connectivity index (χ2n) is 5.18. The van der Waals surface area contributed by atoms with Gasteiger partial charge >= 0.3 is 0 Å². The van der Waals surface area contributed by atoms with Crippen molar-refractivity contribution in [1.82, 2.24) is 4.90 Å². The molecule has 0 saturated carbocycles. The van der Waals surface area contributed by atoms with Crippen molar-refractivity contribution < 1.29 is 9.50 Å². The van der Waals surface area contributed by atoms with Gasteiger partial charge in [-0.1, -0.05) is 13.0 Å². The summed E-state index contributed by atoms with van der Waals surface area (Å²) in [6.07, 6.45) is 2.32. The maximum absolute atomic E-state index is 13.6. The molecule has 1 heterocycles. The highest BCUT2D eigenvalue weighted by molar-refractivity contribution is 5.35. The molecule has 0 bridgehead atoms. The van der Waals surface area contributed by atoms with Crippen LogP contribution >= 0.6 is 0 Å². The lowest BCUT2D eigenvalue weighted by molar-refractivity contribution is -0.0259. The number of nitriles is 1. The van der Waals surface area contributed by atoms with Gasteiger partial charge in [-0.25, -0.2) is 4.39 Å². The quantitative estimate of drug-likeness (QED) is 0.910. The van der Waals surface area contributed by atoms with Crippen LogP contribution in [-0.2, 0) is 5.60 Å². The van der Waals surface area contributed by atoms with E-state index in [0.29, 0.717) is 18.4 Å². The Labute approximate surface area is 113 Å². The molecule has 4 heteroatoms. The third-order valence-electron chi connectivity index (χ3n) is 3.85. The van der Waals surface area contributed by atoms with Gasteiger partial charge in [-0.05, 0) is 43.5 Å². The fraction of sp³-hybridized carbons (Fsp3) is 0.533. The van der Waals surface area contributed by atoms with Crippen molar-refractivity contribution in [3.63, 3.8) is 0 Å². The molecule has 1 saturated heterocycles. The van der Waals surface area contributed by atoms with E-state index in [4.69, 9.17) is 5.26 Å². The highest BCUT2D eigenvalue weighted by Crippen LogP contribution is 2.33. The summed E-state index contributed by atoms with van der Waals surface area (Å²) >= 11 is 0. The Hall–Kier alpha value is -1.44. The average molecular weight is 262 g/mol. The molecule has 1 aromatic rings. The molecule has 1 aromatic carbocycles. The smallest absolute Gasteiger partial charge is 0.141 e. The van der Waals surface area contributed by atoms with Crippen LogP contribution in [0.3, 0.4) is 0 Å². The van der Waals surface area contributed by atoms with Crippen LogP contribution in [0.5, 0.6) is 0 Å². The van der Waals surface area contributed by atoms with E-state index in [-0.39, 0.29) is 5.56 Å². The molecule has 0 aliphatic carbocycles. The molecule has 0 amide bonds. The van der Waals surface area contributed by atoms with E-state index in [1.165, 1.54) is 12.1 Å². The Bertz CT molecular complexity index is 487. The maximum atomic E-state index is 13.6. The van der Waals surface area contributed by atoms with Crippen LogP contribution in [0.4, 0.5) is 4.39 Å². The van der Waals surface area contributed by atoms with E-state index in [1.807, 2.05) is 0 Å². The number of aliphatic hydroxyl groups is 1. The van der Waals surface area contributed by atoms with Crippen LogP contribution in [0.25, 0.3) is 0 Å². The van der Waals surface area contributed by atoms with Crippen LogP contribution < -0.4 is 0 Å². The Morgan fingerprint density at radius 2 is 2.11 bits per heavy atom. The molecule has 0 atom stereocenters. The molecule has 1 fully saturated rings. The fourth-order valence-corrected chi connectivity index (χ4v) is 2.65. The molecule has 1 N–H and O–H groups in total. The van der Waals surface area contributed by atoms with Gasteiger partial charge in [0.05, 0.1) is 11.2 Å². The Morgan fingerprint density at radius 3 is 2.63 bits per heavy atom. The van der Waals surface area contributed by atoms with Crippen molar-refractivity contribution in [3.05, 3.63) is 35.1 Å². The zero-order valence-electron chi connectivity index (χ0n) is 11.2. The van der Waals surface area contributed by atoms with Gasteiger partial charge in [-0.2, -0.15) is 5.26 Å². The minimum atomic E-state index is -0.959. The first-order chi connectivity index (χ1) is 9.09. The van der Waals surface area contributed by atoms with Crippen LogP contribution in [-0.4, -0.2) is 29.6 Å². The summed E-state index contributed by atoms with van der Waals surface area (Å²) in [6.45, 7) is 4.83. The number of benzene rings is 1. The highest BCUT2D eigenvalue weighted by atomic mass is 19.1. The summed E-state index contributed by atoms with van der Waals surface area (Å²) in [5, 5.41) is 19.4. The predicted octanol–water partition coefficient (Wildman–Crippen LogP) is 2.39. The lowest BCUT2D eigenvalue weighted by Gasteiger charge is -2.38. The van der Waals surface area contributed by atoms with Gasteiger partial charge < -0.3 is 10.0 Å². The molecular formula is C15H19FN2O. The van der Waals surface area contributed by atoms with Crippen molar-refractivity contribution >= 4 is 0 Å². The van der Waals surface area contributed by atoms with E-state index in [0.717, 1.165) is 26.1 Å². The number of rotatable bonds is 3. The SMILES string of the molecule is CCCN1CCC(O)(c2ccc(C#N)c(F)c2)CC1. The lowest BCUT2D eigenvalue weighted by atomic mass is 9.84. The zero-order valence-corrected chi connectivity index (χ0v) is 11.2. The van der Waals surface area contributed by atoms with Gasteiger partial charge in [0, 0.05) is 13.1 Å². The molecule has 2 rings (SSSR count). The Balaban J connectivity index is 2.14. The molecule has 3 nitrogen and oxygen atoms in total. The second-order valence-corrected chi connectivity index (χ2v) is 5.18. The first kappa shape index (κ1) is 14.0. The first-order valence-corrected chi connectivity index (χ1v) is 6.74. The van der Waals surface area contributed by atoms with E-state index in [2.05, 4.69) is 11.8 Å². The topological polar surface area (TPSA) is 47.3 Å². The largest absolute Gasteiger partial charge is 0.385 e. The third-order valence-corrected chi connectivity index (χ3v) is 3.85. The van der Waals surface area contributed by atoms with Crippen LogP contribution in [0.1, 0.15) is 37.3 Å². The summed E-state index contributed by atoms with van der Waals surface area (Å²) in [4.78, 5) is 2.31. The number of hydrogen-bond donors (Lipinski definition) is 1. The maximum Gasteiger partial charge on any atom is 0.141 e. The van der Waals surface area contributed by atoms with Gasteiger partial charge in [-0.15, -0.1) is 0 Å². The number of halogens is 1. The molecule has 1 aliphatic heterocycles. The summed E-state index contributed by atoms with van der Waals surface area (Å²) in [6, 6.07) is 6.21. The summed E-state index contributed by atoms with van der Waals surface area (Å²) < 4.78 is 13.6. The van der Waals surface area contributed by atoms with Crippen molar-refractivity contribution in [2.75, 3.05) is 19.6 Å². The highest BCUT2D eigenvalue weighted by Gasteiger charge is 2.34. The standard InChI is InChI=1S/C15H19FN2O/c1-2-7-18-8-5-15(19,6-9-18)13-4-3-12(11-17)14(16)10-13/h3-4,10,19H,2,5-9H2,1H3. The number of hydrogen-bond acceptors (Lipinski definition) is 3.